The number of rotatable bonds is 6. The largest absolute Gasteiger partial charge is 0.573 e. The summed E-state index contributed by atoms with van der Waals surface area (Å²) in [5.74, 6) is 0.116. The zero-order chi connectivity index (χ0) is 14.5. The van der Waals surface area contributed by atoms with Crippen molar-refractivity contribution in [1.29, 1.82) is 0 Å². The standard InChI is InChI=1S/C12H17F3N2O2.ClH/c1-18-11-5-4-8(19-12(13,14)15)7-9(11)10(17)3-2-6-16;/h4-5,7,10H,2-3,6,16-17H2,1H3;1H/t10-;/m1./s1. The van der Waals surface area contributed by atoms with Crippen molar-refractivity contribution in [3.05, 3.63) is 23.8 Å². The van der Waals surface area contributed by atoms with E-state index in [-0.39, 0.29) is 18.2 Å². The molecule has 0 bridgehead atoms. The second-order valence-corrected chi connectivity index (χ2v) is 3.99. The van der Waals surface area contributed by atoms with Gasteiger partial charge in [0.15, 0.2) is 0 Å². The molecule has 0 heterocycles. The summed E-state index contributed by atoms with van der Waals surface area (Å²) >= 11 is 0. The molecule has 8 heteroatoms. The lowest BCUT2D eigenvalue weighted by atomic mass is 10.0. The fourth-order valence-electron chi connectivity index (χ4n) is 1.69. The number of benzene rings is 1. The van der Waals surface area contributed by atoms with Crippen LogP contribution < -0.4 is 20.9 Å². The summed E-state index contributed by atoms with van der Waals surface area (Å²) in [5, 5.41) is 0. The van der Waals surface area contributed by atoms with Gasteiger partial charge in [0.1, 0.15) is 11.5 Å². The average Bonchev–Trinajstić information content (AvgIpc) is 2.34. The summed E-state index contributed by atoms with van der Waals surface area (Å²) in [7, 11) is 1.43. The molecule has 0 amide bonds. The number of methoxy groups -OCH3 is 1. The maximum absolute atomic E-state index is 12.2. The van der Waals surface area contributed by atoms with Gasteiger partial charge in [-0.3, -0.25) is 0 Å². The minimum absolute atomic E-state index is 0. The van der Waals surface area contributed by atoms with Crippen molar-refractivity contribution in [3.8, 4) is 11.5 Å². The van der Waals surface area contributed by atoms with Gasteiger partial charge in [-0.25, -0.2) is 0 Å². The second kappa shape index (κ2) is 8.18. The topological polar surface area (TPSA) is 70.5 Å². The van der Waals surface area contributed by atoms with E-state index in [1.165, 1.54) is 25.3 Å². The summed E-state index contributed by atoms with van der Waals surface area (Å²) in [5.41, 5.74) is 11.8. The first-order valence-electron chi connectivity index (χ1n) is 5.76. The first kappa shape index (κ1) is 18.8. The molecule has 0 saturated carbocycles. The Labute approximate surface area is 121 Å². The highest BCUT2D eigenvalue weighted by atomic mass is 35.5. The lowest BCUT2D eigenvalue weighted by Gasteiger charge is -2.17. The van der Waals surface area contributed by atoms with Crippen molar-refractivity contribution in [1.82, 2.24) is 0 Å². The number of hydrogen-bond acceptors (Lipinski definition) is 4. The quantitative estimate of drug-likeness (QED) is 0.847. The molecule has 1 rings (SSSR count). The Kier molecular flexibility index (Phi) is 7.70. The fraction of sp³-hybridized carbons (Fsp3) is 0.500. The molecule has 20 heavy (non-hydrogen) atoms. The maximum atomic E-state index is 12.2. The molecule has 0 unspecified atom stereocenters. The number of nitrogens with two attached hydrogens (primary N) is 2. The summed E-state index contributed by atoms with van der Waals surface area (Å²) in [4.78, 5) is 0. The third kappa shape index (κ3) is 5.85. The SMILES string of the molecule is COc1ccc(OC(F)(F)F)cc1[C@H](N)CCCN.Cl. The second-order valence-electron chi connectivity index (χ2n) is 3.99. The van der Waals surface area contributed by atoms with E-state index in [1.807, 2.05) is 0 Å². The van der Waals surface area contributed by atoms with E-state index in [0.29, 0.717) is 30.7 Å². The fourth-order valence-corrected chi connectivity index (χ4v) is 1.69. The van der Waals surface area contributed by atoms with Crippen LogP contribution in [0.4, 0.5) is 13.2 Å². The van der Waals surface area contributed by atoms with Gasteiger partial charge in [0, 0.05) is 11.6 Å². The molecule has 0 aromatic heterocycles. The molecule has 1 aromatic carbocycles. The lowest BCUT2D eigenvalue weighted by Crippen LogP contribution is -2.18. The van der Waals surface area contributed by atoms with Gasteiger partial charge in [-0.15, -0.1) is 25.6 Å². The van der Waals surface area contributed by atoms with Gasteiger partial charge in [-0.05, 0) is 37.6 Å². The third-order valence-corrected chi connectivity index (χ3v) is 2.55. The van der Waals surface area contributed by atoms with Gasteiger partial charge in [0.2, 0.25) is 0 Å². The lowest BCUT2D eigenvalue weighted by molar-refractivity contribution is -0.274. The number of halogens is 4. The van der Waals surface area contributed by atoms with E-state index in [2.05, 4.69) is 4.74 Å². The van der Waals surface area contributed by atoms with Crippen molar-refractivity contribution in [3.63, 3.8) is 0 Å². The molecular formula is C12H18ClF3N2O2. The first-order chi connectivity index (χ1) is 8.87. The van der Waals surface area contributed by atoms with Gasteiger partial charge >= 0.3 is 6.36 Å². The van der Waals surface area contributed by atoms with E-state index >= 15 is 0 Å². The Bertz CT molecular complexity index is 416. The van der Waals surface area contributed by atoms with Crippen LogP contribution in [0.25, 0.3) is 0 Å². The van der Waals surface area contributed by atoms with Crippen LogP contribution in [0.5, 0.6) is 11.5 Å². The number of ether oxygens (including phenoxy) is 2. The number of alkyl halides is 3. The highest BCUT2D eigenvalue weighted by molar-refractivity contribution is 5.85. The van der Waals surface area contributed by atoms with Crippen molar-refractivity contribution in [2.24, 2.45) is 11.5 Å². The van der Waals surface area contributed by atoms with Crippen LogP contribution >= 0.6 is 12.4 Å². The summed E-state index contributed by atoms with van der Waals surface area (Å²) < 4.78 is 45.4. The minimum atomic E-state index is -4.73. The van der Waals surface area contributed by atoms with Crippen LogP contribution in [0.15, 0.2) is 18.2 Å². The van der Waals surface area contributed by atoms with E-state index < -0.39 is 12.4 Å². The van der Waals surface area contributed by atoms with E-state index in [0.717, 1.165) is 0 Å². The first-order valence-corrected chi connectivity index (χ1v) is 5.76. The molecule has 4 nitrogen and oxygen atoms in total. The van der Waals surface area contributed by atoms with Crippen LogP contribution in [0.1, 0.15) is 24.4 Å². The molecular weight excluding hydrogens is 297 g/mol. The number of hydrogen-bond donors (Lipinski definition) is 2. The molecule has 0 saturated heterocycles. The Balaban J connectivity index is 0.00000361. The Morgan fingerprint density at radius 2 is 1.95 bits per heavy atom. The van der Waals surface area contributed by atoms with Gasteiger partial charge in [0.25, 0.3) is 0 Å². The van der Waals surface area contributed by atoms with Crippen LogP contribution in [-0.4, -0.2) is 20.0 Å². The minimum Gasteiger partial charge on any atom is -0.496 e. The van der Waals surface area contributed by atoms with E-state index in [1.54, 1.807) is 0 Å². The van der Waals surface area contributed by atoms with Crippen LogP contribution in [0, 0.1) is 0 Å². The molecule has 0 aliphatic rings. The third-order valence-electron chi connectivity index (χ3n) is 2.55. The maximum Gasteiger partial charge on any atom is 0.573 e. The summed E-state index contributed by atoms with van der Waals surface area (Å²) in [6.45, 7) is 0.467. The van der Waals surface area contributed by atoms with Crippen molar-refractivity contribution >= 4 is 12.4 Å². The highest BCUT2D eigenvalue weighted by Crippen LogP contribution is 2.32. The molecule has 1 atom stereocenters. The molecule has 0 spiro atoms. The average molecular weight is 315 g/mol. The molecule has 4 N–H and O–H groups in total. The summed E-state index contributed by atoms with van der Waals surface area (Å²) in [6, 6.07) is 3.38. The Morgan fingerprint density at radius 1 is 1.30 bits per heavy atom. The molecule has 0 aliphatic carbocycles. The predicted octanol–water partition coefficient (Wildman–Crippen LogP) is 2.75. The zero-order valence-corrected chi connectivity index (χ0v) is 11.8. The molecule has 1 aromatic rings. The van der Waals surface area contributed by atoms with Crippen LogP contribution in [0.3, 0.4) is 0 Å². The van der Waals surface area contributed by atoms with Gasteiger partial charge in [-0.1, -0.05) is 0 Å². The molecule has 116 valence electrons. The molecule has 0 aliphatic heterocycles. The van der Waals surface area contributed by atoms with Crippen LogP contribution in [-0.2, 0) is 0 Å². The van der Waals surface area contributed by atoms with E-state index in [9.17, 15) is 13.2 Å². The monoisotopic (exact) mass is 314 g/mol. The van der Waals surface area contributed by atoms with Gasteiger partial charge in [-0.2, -0.15) is 0 Å². The summed E-state index contributed by atoms with van der Waals surface area (Å²) in [6.07, 6.45) is -3.50. The van der Waals surface area contributed by atoms with Crippen molar-refractivity contribution < 1.29 is 22.6 Å². The highest BCUT2D eigenvalue weighted by Gasteiger charge is 2.31. The Morgan fingerprint density at radius 3 is 2.45 bits per heavy atom. The molecule has 0 fully saturated rings. The van der Waals surface area contributed by atoms with Crippen molar-refractivity contribution in [2.75, 3.05) is 13.7 Å². The zero-order valence-electron chi connectivity index (χ0n) is 10.9. The molecule has 0 radical (unpaired) electrons. The normalized spacial score (nSPS) is 12.5. The smallest absolute Gasteiger partial charge is 0.496 e. The van der Waals surface area contributed by atoms with Crippen molar-refractivity contribution in [2.45, 2.75) is 25.2 Å². The van der Waals surface area contributed by atoms with E-state index in [4.69, 9.17) is 16.2 Å². The Hall–Kier alpha value is -1.18. The van der Waals surface area contributed by atoms with Gasteiger partial charge in [0.05, 0.1) is 7.11 Å². The van der Waals surface area contributed by atoms with Crippen LogP contribution in [0.2, 0.25) is 0 Å². The predicted molar refractivity (Wildman–Crippen MR) is 72.1 cm³/mol. The van der Waals surface area contributed by atoms with Gasteiger partial charge < -0.3 is 20.9 Å².